The molecule has 0 aromatic heterocycles. The number of rotatable bonds is 6. The smallest absolute Gasteiger partial charge is 0.255 e. The fraction of sp³-hybridized carbons (Fsp3) is 0.429. The zero-order valence-corrected chi connectivity index (χ0v) is 20.7. The van der Waals surface area contributed by atoms with Crippen molar-refractivity contribution in [1.82, 2.24) is 20.9 Å². The highest BCUT2D eigenvalue weighted by molar-refractivity contribution is 6.05. The van der Waals surface area contributed by atoms with Gasteiger partial charge < -0.3 is 15.5 Å². The topological polar surface area (TPSA) is 108 Å². The number of carbonyl (C=O) groups excluding carboxylic acids is 4. The lowest BCUT2D eigenvalue weighted by Gasteiger charge is -2.29. The summed E-state index contributed by atoms with van der Waals surface area (Å²) in [6, 6.07) is 16.4. The van der Waals surface area contributed by atoms with Crippen LogP contribution in [0.3, 0.4) is 0 Å². The first-order valence-electron chi connectivity index (χ1n) is 12.7. The largest absolute Gasteiger partial charge is 0.355 e. The molecule has 2 aliphatic heterocycles. The van der Waals surface area contributed by atoms with Crippen molar-refractivity contribution < 1.29 is 19.2 Å². The number of amides is 4. The molecule has 3 N–H and O–H groups in total. The molecule has 1 saturated carbocycles. The second-order valence-corrected chi connectivity index (χ2v) is 9.64. The molecule has 8 nitrogen and oxygen atoms in total. The SMILES string of the molecule is CNC1CCC(c2ccccc2)CC1.O=CNCc1ccc2c(c1)CN(C1CCC(=O)NC1=O)C2=O. The highest BCUT2D eigenvalue weighted by Crippen LogP contribution is 2.32. The molecule has 5 rings (SSSR count). The van der Waals surface area contributed by atoms with Gasteiger partial charge in [-0.05, 0) is 67.8 Å². The summed E-state index contributed by atoms with van der Waals surface area (Å²) in [6.07, 6.45) is 6.56. The van der Waals surface area contributed by atoms with Crippen LogP contribution in [0, 0.1) is 0 Å². The third-order valence-electron chi connectivity index (χ3n) is 7.38. The molecule has 0 radical (unpaired) electrons. The molecule has 1 atom stereocenters. The second-order valence-electron chi connectivity index (χ2n) is 9.64. The summed E-state index contributed by atoms with van der Waals surface area (Å²) in [5, 5.41) is 8.22. The monoisotopic (exact) mass is 490 g/mol. The average Bonchev–Trinajstić information content (AvgIpc) is 3.23. The van der Waals surface area contributed by atoms with Gasteiger partial charge in [0.1, 0.15) is 6.04 Å². The molecular weight excluding hydrogens is 456 g/mol. The molecule has 36 heavy (non-hydrogen) atoms. The molecule has 1 unspecified atom stereocenters. The van der Waals surface area contributed by atoms with Gasteiger partial charge in [0.15, 0.2) is 0 Å². The van der Waals surface area contributed by atoms with E-state index in [1.54, 1.807) is 12.1 Å². The van der Waals surface area contributed by atoms with Gasteiger partial charge in [0.05, 0.1) is 0 Å². The van der Waals surface area contributed by atoms with Crippen LogP contribution in [0.4, 0.5) is 0 Å². The number of hydrogen-bond donors (Lipinski definition) is 3. The molecule has 190 valence electrons. The molecule has 8 heteroatoms. The Morgan fingerprint density at radius 3 is 2.42 bits per heavy atom. The zero-order chi connectivity index (χ0) is 25.5. The number of carbonyl (C=O) groups is 4. The van der Waals surface area contributed by atoms with Gasteiger partial charge in [-0.1, -0.05) is 42.5 Å². The molecule has 3 aliphatic rings. The summed E-state index contributed by atoms with van der Waals surface area (Å²) in [5.74, 6) is -0.104. The number of imide groups is 1. The molecule has 0 bridgehead atoms. The second kappa shape index (κ2) is 11.9. The van der Waals surface area contributed by atoms with E-state index >= 15 is 0 Å². The van der Waals surface area contributed by atoms with E-state index in [1.807, 2.05) is 6.07 Å². The van der Waals surface area contributed by atoms with Gasteiger partial charge in [-0.15, -0.1) is 0 Å². The van der Waals surface area contributed by atoms with Crippen molar-refractivity contribution in [3.63, 3.8) is 0 Å². The van der Waals surface area contributed by atoms with Crippen molar-refractivity contribution in [3.8, 4) is 0 Å². The lowest BCUT2D eigenvalue weighted by Crippen LogP contribution is -2.52. The van der Waals surface area contributed by atoms with Crippen LogP contribution in [0.25, 0.3) is 0 Å². The number of nitrogens with one attached hydrogen (secondary N) is 3. The van der Waals surface area contributed by atoms with Crippen molar-refractivity contribution in [2.75, 3.05) is 7.05 Å². The van der Waals surface area contributed by atoms with Crippen LogP contribution in [-0.2, 0) is 27.5 Å². The van der Waals surface area contributed by atoms with E-state index in [-0.39, 0.29) is 18.2 Å². The molecule has 0 spiro atoms. The van der Waals surface area contributed by atoms with Gasteiger partial charge in [0.2, 0.25) is 18.2 Å². The van der Waals surface area contributed by atoms with Crippen LogP contribution in [0.2, 0.25) is 0 Å². The van der Waals surface area contributed by atoms with Crippen molar-refractivity contribution in [1.29, 1.82) is 0 Å². The van der Waals surface area contributed by atoms with E-state index in [2.05, 4.69) is 53.3 Å². The minimum Gasteiger partial charge on any atom is -0.355 e. The Bertz CT molecular complexity index is 1100. The summed E-state index contributed by atoms with van der Waals surface area (Å²) >= 11 is 0. The lowest BCUT2D eigenvalue weighted by atomic mass is 9.82. The summed E-state index contributed by atoms with van der Waals surface area (Å²) in [6.45, 7) is 0.735. The molecule has 4 amide bonds. The Morgan fingerprint density at radius 2 is 1.75 bits per heavy atom. The summed E-state index contributed by atoms with van der Waals surface area (Å²) in [4.78, 5) is 47.4. The van der Waals surface area contributed by atoms with Gasteiger partial charge in [-0.25, -0.2) is 0 Å². The standard InChI is InChI=1S/C15H15N3O4.C13H19N/c19-8-16-6-9-1-2-11-10(5-9)7-18(15(11)22)12-3-4-13(20)17-14(12)21;1-14-13-9-7-12(8-10-13)11-5-3-2-4-6-11/h1-2,5,8,12H,3-4,6-7H2,(H,16,19)(H,17,20,21);2-6,12-14H,7-10H2,1H3. The Hall–Kier alpha value is -3.52. The van der Waals surface area contributed by atoms with Crippen LogP contribution in [0.15, 0.2) is 48.5 Å². The van der Waals surface area contributed by atoms with E-state index in [4.69, 9.17) is 0 Å². The van der Waals surface area contributed by atoms with Gasteiger partial charge in [0, 0.05) is 31.1 Å². The summed E-state index contributed by atoms with van der Waals surface area (Å²) < 4.78 is 0. The van der Waals surface area contributed by atoms with Gasteiger partial charge in [0.25, 0.3) is 5.91 Å². The summed E-state index contributed by atoms with van der Waals surface area (Å²) in [5.41, 5.74) is 3.82. The predicted molar refractivity (Wildman–Crippen MR) is 136 cm³/mol. The highest BCUT2D eigenvalue weighted by atomic mass is 16.2. The number of hydrogen-bond acceptors (Lipinski definition) is 5. The maximum absolute atomic E-state index is 12.4. The van der Waals surface area contributed by atoms with Crippen molar-refractivity contribution in [2.45, 2.75) is 69.6 Å². The lowest BCUT2D eigenvalue weighted by molar-refractivity contribution is -0.136. The summed E-state index contributed by atoms with van der Waals surface area (Å²) in [7, 11) is 2.08. The van der Waals surface area contributed by atoms with Crippen molar-refractivity contribution in [3.05, 3.63) is 70.8 Å². The quantitative estimate of drug-likeness (QED) is 0.426. The highest BCUT2D eigenvalue weighted by Gasteiger charge is 2.39. The van der Waals surface area contributed by atoms with Crippen molar-refractivity contribution >= 4 is 24.1 Å². The maximum atomic E-state index is 12.4. The third-order valence-corrected chi connectivity index (χ3v) is 7.38. The van der Waals surface area contributed by atoms with E-state index < -0.39 is 11.9 Å². The Labute approximate surface area is 211 Å². The van der Waals surface area contributed by atoms with Crippen LogP contribution < -0.4 is 16.0 Å². The van der Waals surface area contributed by atoms with Crippen molar-refractivity contribution in [2.24, 2.45) is 0 Å². The van der Waals surface area contributed by atoms with Gasteiger partial charge in [-0.2, -0.15) is 0 Å². The Balaban J connectivity index is 0.000000187. The van der Waals surface area contributed by atoms with Crippen LogP contribution in [0.5, 0.6) is 0 Å². The van der Waals surface area contributed by atoms with E-state index in [9.17, 15) is 19.2 Å². The normalized spacial score (nSPS) is 23.3. The zero-order valence-electron chi connectivity index (χ0n) is 20.7. The molecule has 1 aliphatic carbocycles. The molecule has 1 saturated heterocycles. The molecule has 2 aromatic rings. The minimum atomic E-state index is -0.603. The molecule has 2 heterocycles. The first-order chi connectivity index (χ1) is 17.5. The number of fused-ring (bicyclic) bond motifs is 1. The maximum Gasteiger partial charge on any atom is 0.255 e. The van der Waals surface area contributed by atoms with Gasteiger partial charge >= 0.3 is 0 Å². The van der Waals surface area contributed by atoms with Crippen LogP contribution in [0.1, 0.15) is 71.5 Å². The first-order valence-corrected chi connectivity index (χ1v) is 12.7. The Morgan fingerprint density at radius 1 is 1.00 bits per heavy atom. The predicted octanol–water partition coefficient (Wildman–Crippen LogP) is 2.63. The van der Waals surface area contributed by atoms with Crippen LogP contribution in [-0.4, -0.2) is 48.2 Å². The molecular formula is C28H34N4O4. The van der Waals surface area contributed by atoms with E-state index in [0.29, 0.717) is 31.5 Å². The molecule has 2 fully saturated rings. The first kappa shape index (κ1) is 25.6. The average molecular weight is 491 g/mol. The van der Waals surface area contributed by atoms with E-state index in [1.165, 1.54) is 36.1 Å². The Kier molecular flexibility index (Phi) is 8.48. The molecule has 2 aromatic carbocycles. The van der Waals surface area contributed by atoms with Crippen LogP contribution >= 0.6 is 0 Å². The van der Waals surface area contributed by atoms with Gasteiger partial charge in [-0.3, -0.25) is 24.5 Å². The minimum absolute atomic E-state index is 0.195. The number of piperidine rings is 1. The number of benzene rings is 2. The fourth-order valence-corrected chi connectivity index (χ4v) is 5.34. The fourth-order valence-electron chi connectivity index (χ4n) is 5.34. The van der Waals surface area contributed by atoms with E-state index in [0.717, 1.165) is 23.1 Å². The number of nitrogens with zero attached hydrogens (tertiary/aromatic N) is 1. The third kappa shape index (κ3) is 5.99.